The van der Waals surface area contributed by atoms with Gasteiger partial charge in [-0.1, -0.05) is 0 Å². The zero-order valence-electron chi connectivity index (χ0n) is 11.0. The summed E-state index contributed by atoms with van der Waals surface area (Å²) in [6.45, 7) is 4.25. The standard InChI is InChI=1S/C12H17NO4S/c1-7-8(2)18-11(10(7)12(15)17-4)13-6-5-9(14)16-3/h13H,5-6H2,1-4H3. The second-order valence-electron chi connectivity index (χ2n) is 3.73. The molecule has 18 heavy (non-hydrogen) atoms. The predicted molar refractivity (Wildman–Crippen MR) is 70.3 cm³/mol. The highest BCUT2D eigenvalue weighted by atomic mass is 32.1. The number of thiophene rings is 1. The van der Waals surface area contributed by atoms with E-state index in [0.29, 0.717) is 12.1 Å². The zero-order chi connectivity index (χ0) is 13.7. The van der Waals surface area contributed by atoms with E-state index in [0.717, 1.165) is 15.4 Å². The van der Waals surface area contributed by atoms with Crippen LogP contribution in [0.5, 0.6) is 0 Å². The maximum absolute atomic E-state index is 11.7. The van der Waals surface area contributed by atoms with Crippen LogP contribution in [0, 0.1) is 13.8 Å². The van der Waals surface area contributed by atoms with Gasteiger partial charge >= 0.3 is 11.9 Å². The van der Waals surface area contributed by atoms with Gasteiger partial charge in [-0.05, 0) is 19.4 Å². The summed E-state index contributed by atoms with van der Waals surface area (Å²) >= 11 is 1.48. The van der Waals surface area contributed by atoms with E-state index in [9.17, 15) is 9.59 Å². The molecule has 0 aliphatic rings. The van der Waals surface area contributed by atoms with E-state index in [1.165, 1.54) is 25.6 Å². The fraction of sp³-hybridized carbons (Fsp3) is 0.500. The second kappa shape index (κ2) is 6.39. The van der Waals surface area contributed by atoms with Crippen molar-refractivity contribution in [3.63, 3.8) is 0 Å². The van der Waals surface area contributed by atoms with Crippen LogP contribution in [0.25, 0.3) is 0 Å². The van der Waals surface area contributed by atoms with Crippen LogP contribution in [-0.2, 0) is 14.3 Å². The zero-order valence-corrected chi connectivity index (χ0v) is 11.8. The predicted octanol–water partition coefficient (Wildman–Crippen LogP) is 2.13. The van der Waals surface area contributed by atoms with E-state index in [4.69, 9.17) is 4.74 Å². The minimum atomic E-state index is -0.364. The molecule has 0 amide bonds. The fourth-order valence-corrected chi connectivity index (χ4v) is 2.55. The van der Waals surface area contributed by atoms with Gasteiger partial charge in [0.2, 0.25) is 0 Å². The highest BCUT2D eigenvalue weighted by molar-refractivity contribution is 7.16. The molecule has 0 bridgehead atoms. The monoisotopic (exact) mass is 271 g/mol. The Morgan fingerprint density at radius 2 is 1.89 bits per heavy atom. The quantitative estimate of drug-likeness (QED) is 0.831. The van der Waals surface area contributed by atoms with Crippen molar-refractivity contribution < 1.29 is 19.1 Å². The molecule has 0 saturated carbocycles. The normalized spacial score (nSPS) is 10.0. The van der Waals surface area contributed by atoms with Crippen molar-refractivity contribution in [1.29, 1.82) is 0 Å². The molecule has 0 atom stereocenters. The Morgan fingerprint density at radius 1 is 1.22 bits per heavy atom. The number of nitrogens with one attached hydrogen (secondary N) is 1. The number of aryl methyl sites for hydroxylation is 1. The summed E-state index contributed by atoms with van der Waals surface area (Å²) in [5, 5.41) is 3.81. The molecule has 0 radical (unpaired) electrons. The van der Waals surface area contributed by atoms with Gasteiger partial charge in [-0.3, -0.25) is 4.79 Å². The molecule has 0 aliphatic carbocycles. The molecule has 0 spiro atoms. The van der Waals surface area contributed by atoms with Crippen LogP contribution in [0.2, 0.25) is 0 Å². The molecule has 1 N–H and O–H groups in total. The molecule has 1 aromatic rings. The summed E-state index contributed by atoms with van der Waals surface area (Å²) < 4.78 is 9.30. The van der Waals surface area contributed by atoms with Crippen molar-refractivity contribution in [3.05, 3.63) is 16.0 Å². The van der Waals surface area contributed by atoms with E-state index >= 15 is 0 Å². The lowest BCUT2D eigenvalue weighted by molar-refractivity contribution is -0.140. The summed E-state index contributed by atoms with van der Waals surface area (Å²) in [4.78, 5) is 23.7. The van der Waals surface area contributed by atoms with E-state index in [1.54, 1.807) is 0 Å². The Hall–Kier alpha value is -1.56. The third-order valence-electron chi connectivity index (χ3n) is 2.62. The van der Waals surface area contributed by atoms with Crippen LogP contribution >= 0.6 is 11.3 Å². The van der Waals surface area contributed by atoms with Gasteiger partial charge in [0, 0.05) is 11.4 Å². The first kappa shape index (κ1) is 14.5. The number of ether oxygens (including phenoxy) is 2. The molecular formula is C12H17NO4S. The number of hydrogen-bond acceptors (Lipinski definition) is 6. The van der Waals surface area contributed by atoms with Crippen LogP contribution < -0.4 is 5.32 Å². The van der Waals surface area contributed by atoms with Crippen LogP contribution in [-0.4, -0.2) is 32.7 Å². The first-order valence-corrected chi connectivity index (χ1v) is 6.31. The molecule has 0 aromatic carbocycles. The number of carbonyl (C=O) groups is 2. The number of rotatable bonds is 5. The lowest BCUT2D eigenvalue weighted by atomic mass is 10.1. The van der Waals surface area contributed by atoms with E-state index in [-0.39, 0.29) is 18.4 Å². The maximum Gasteiger partial charge on any atom is 0.341 e. The lowest BCUT2D eigenvalue weighted by Gasteiger charge is -2.06. The average Bonchev–Trinajstić information content (AvgIpc) is 2.64. The Balaban J connectivity index is 2.79. The summed E-state index contributed by atoms with van der Waals surface area (Å²) in [5.41, 5.74) is 1.46. The van der Waals surface area contributed by atoms with Crippen molar-refractivity contribution in [1.82, 2.24) is 0 Å². The highest BCUT2D eigenvalue weighted by Crippen LogP contribution is 2.32. The number of carbonyl (C=O) groups excluding carboxylic acids is 2. The third-order valence-corrected chi connectivity index (χ3v) is 3.78. The molecule has 1 heterocycles. The molecule has 0 unspecified atom stereocenters. The smallest absolute Gasteiger partial charge is 0.341 e. The van der Waals surface area contributed by atoms with Gasteiger partial charge in [0.1, 0.15) is 5.00 Å². The molecule has 1 rings (SSSR count). The Labute approximate surface area is 110 Å². The van der Waals surface area contributed by atoms with Crippen LogP contribution in [0.4, 0.5) is 5.00 Å². The molecule has 0 aliphatic heterocycles. The van der Waals surface area contributed by atoms with Gasteiger partial charge in [0.25, 0.3) is 0 Å². The van der Waals surface area contributed by atoms with E-state index < -0.39 is 0 Å². The van der Waals surface area contributed by atoms with Gasteiger partial charge in [-0.25, -0.2) is 4.79 Å². The second-order valence-corrected chi connectivity index (χ2v) is 4.96. The average molecular weight is 271 g/mol. The van der Waals surface area contributed by atoms with Crippen molar-refractivity contribution >= 4 is 28.3 Å². The van der Waals surface area contributed by atoms with Crippen molar-refractivity contribution in [2.75, 3.05) is 26.1 Å². The molecular weight excluding hydrogens is 254 g/mol. The minimum Gasteiger partial charge on any atom is -0.469 e. The molecule has 0 saturated heterocycles. The van der Waals surface area contributed by atoms with Crippen LogP contribution in [0.1, 0.15) is 27.2 Å². The van der Waals surface area contributed by atoms with Gasteiger partial charge in [-0.2, -0.15) is 0 Å². The number of anilines is 1. The van der Waals surface area contributed by atoms with Crippen molar-refractivity contribution in [2.24, 2.45) is 0 Å². The molecule has 1 aromatic heterocycles. The summed E-state index contributed by atoms with van der Waals surface area (Å²) in [5.74, 6) is -0.649. The first-order valence-electron chi connectivity index (χ1n) is 5.50. The van der Waals surface area contributed by atoms with Gasteiger partial charge < -0.3 is 14.8 Å². The van der Waals surface area contributed by atoms with Crippen molar-refractivity contribution in [2.45, 2.75) is 20.3 Å². The van der Waals surface area contributed by atoms with E-state index in [1.807, 2.05) is 13.8 Å². The van der Waals surface area contributed by atoms with Crippen molar-refractivity contribution in [3.8, 4) is 0 Å². The van der Waals surface area contributed by atoms with E-state index in [2.05, 4.69) is 10.1 Å². The molecule has 0 fully saturated rings. The summed E-state index contributed by atoms with van der Waals surface area (Å²) in [7, 11) is 2.70. The number of hydrogen-bond donors (Lipinski definition) is 1. The molecule has 100 valence electrons. The summed E-state index contributed by atoms with van der Waals surface area (Å²) in [6, 6.07) is 0. The van der Waals surface area contributed by atoms with Crippen LogP contribution in [0.15, 0.2) is 0 Å². The van der Waals surface area contributed by atoms with Gasteiger partial charge in [0.15, 0.2) is 0 Å². The Kier molecular flexibility index (Phi) is 5.15. The third kappa shape index (κ3) is 3.22. The Bertz CT molecular complexity index is 453. The van der Waals surface area contributed by atoms with Crippen LogP contribution in [0.3, 0.4) is 0 Å². The maximum atomic E-state index is 11.7. The van der Waals surface area contributed by atoms with Gasteiger partial charge in [0.05, 0.1) is 26.2 Å². The number of esters is 2. The first-order chi connectivity index (χ1) is 8.51. The van der Waals surface area contributed by atoms with Gasteiger partial charge in [-0.15, -0.1) is 11.3 Å². The molecule has 6 heteroatoms. The topological polar surface area (TPSA) is 64.6 Å². The summed E-state index contributed by atoms with van der Waals surface area (Å²) in [6.07, 6.45) is 0.257. The fourth-order valence-electron chi connectivity index (χ4n) is 1.48. The SMILES string of the molecule is COC(=O)CCNc1sc(C)c(C)c1C(=O)OC. The largest absolute Gasteiger partial charge is 0.469 e. The highest BCUT2D eigenvalue weighted by Gasteiger charge is 2.19. The lowest BCUT2D eigenvalue weighted by Crippen LogP contribution is -2.11. The molecule has 5 nitrogen and oxygen atoms in total. The minimum absolute atomic E-state index is 0.257. The Morgan fingerprint density at radius 3 is 2.44 bits per heavy atom. The number of methoxy groups -OCH3 is 2.